The van der Waals surface area contributed by atoms with Crippen LogP contribution in [0, 0.1) is 5.82 Å². The first-order valence-corrected chi connectivity index (χ1v) is 16.0. The van der Waals surface area contributed by atoms with Crippen LogP contribution in [0.1, 0.15) is 132 Å². The highest BCUT2D eigenvalue weighted by Gasteiger charge is 2.15. The summed E-state index contributed by atoms with van der Waals surface area (Å²) in [4.78, 5) is 21.2. The topological polar surface area (TPSA) is 52.1 Å². The van der Waals surface area contributed by atoms with Crippen molar-refractivity contribution in [2.24, 2.45) is 0 Å². The number of carbonyl (C=O) groups excluding carboxylic acids is 1. The number of nitrogens with zero attached hydrogens (tertiary/aromatic N) is 2. The third kappa shape index (κ3) is 12.1. The predicted octanol–water partition coefficient (Wildman–Crippen LogP) is 10.5. The summed E-state index contributed by atoms with van der Waals surface area (Å²) in [5.74, 6) is -1.34. The van der Waals surface area contributed by atoms with E-state index >= 15 is 0 Å². The van der Waals surface area contributed by atoms with Gasteiger partial charge in [0.1, 0.15) is 0 Å². The van der Waals surface area contributed by atoms with Crippen molar-refractivity contribution in [1.82, 2.24) is 9.97 Å². The molecular weight excluding hydrogens is 511 g/mol. The molecule has 1 heterocycles. The van der Waals surface area contributed by atoms with Crippen LogP contribution in [0.3, 0.4) is 0 Å². The van der Waals surface area contributed by atoms with Crippen LogP contribution in [0.25, 0.3) is 11.3 Å². The minimum atomic E-state index is -0.720. The Kier molecular flexibility index (Phi) is 15.1. The van der Waals surface area contributed by atoms with Gasteiger partial charge in [0, 0.05) is 5.56 Å². The summed E-state index contributed by atoms with van der Waals surface area (Å²) in [6.45, 7) is 4.47. The van der Waals surface area contributed by atoms with Crippen molar-refractivity contribution in [3.63, 3.8) is 0 Å². The molecule has 1 aromatic heterocycles. The van der Waals surface area contributed by atoms with Gasteiger partial charge >= 0.3 is 5.97 Å². The molecule has 5 heteroatoms. The van der Waals surface area contributed by atoms with Gasteiger partial charge in [0.05, 0.1) is 18.1 Å². The quantitative estimate of drug-likeness (QED) is 0.0783. The molecular formula is C36H49FN2O2. The predicted molar refractivity (Wildman–Crippen MR) is 167 cm³/mol. The molecule has 0 bridgehead atoms. The van der Waals surface area contributed by atoms with E-state index in [0.29, 0.717) is 5.69 Å². The van der Waals surface area contributed by atoms with Crippen LogP contribution < -0.4 is 4.74 Å². The van der Waals surface area contributed by atoms with Crippen LogP contribution in [0.2, 0.25) is 0 Å². The van der Waals surface area contributed by atoms with E-state index in [-0.39, 0.29) is 11.4 Å². The van der Waals surface area contributed by atoms with Crippen molar-refractivity contribution in [1.29, 1.82) is 0 Å². The molecule has 3 rings (SSSR count). The second-order valence-electron chi connectivity index (χ2n) is 11.2. The first kappa shape index (κ1) is 32.4. The summed E-state index contributed by atoms with van der Waals surface area (Å²) in [6.07, 6.45) is 24.0. The second kappa shape index (κ2) is 19.1. The minimum absolute atomic E-state index is 0.0475. The molecule has 0 radical (unpaired) electrons. The van der Waals surface area contributed by atoms with E-state index in [0.717, 1.165) is 36.8 Å². The summed E-state index contributed by atoms with van der Waals surface area (Å²) >= 11 is 0. The van der Waals surface area contributed by atoms with E-state index in [1.165, 1.54) is 107 Å². The summed E-state index contributed by atoms with van der Waals surface area (Å²) in [5, 5.41) is 0. The van der Waals surface area contributed by atoms with Gasteiger partial charge in [0.15, 0.2) is 17.3 Å². The van der Waals surface area contributed by atoms with Crippen LogP contribution in [-0.4, -0.2) is 15.9 Å². The normalized spacial score (nSPS) is 11.1. The molecule has 0 saturated heterocycles. The van der Waals surface area contributed by atoms with Crippen molar-refractivity contribution in [2.45, 2.75) is 123 Å². The molecule has 3 aromatic rings. The van der Waals surface area contributed by atoms with Crippen LogP contribution in [0.5, 0.6) is 5.75 Å². The molecule has 0 fully saturated rings. The zero-order chi connectivity index (χ0) is 29.1. The van der Waals surface area contributed by atoms with Crippen LogP contribution in [0.15, 0.2) is 54.9 Å². The summed E-state index contributed by atoms with van der Waals surface area (Å²) in [5.41, 5.74) is 3.92. The smallest absolute Gasteiger partial charge is 0.364 e. The van der Waals surface area contributed by atoms with Gasteiger partial charge < -0.3 is 4.74 Å². The third-order valence-electron chi connectivity index (χ3n) is 7.70. The number of rotatable bonds is 20. The van der Waals surface area contributed by atoms with E-state index in [9.17, 15) is 9.18 Å². The largest absolute Gasteiger partial charge is 0.419 e. The number of hydrogen-bond donors (Lipinski definition) is 0. The summed E-state index contributed by atoms with van der Waals surface area (Å²) < 4.78 is 19.9. The van der Waals surface area contributed by atoms with E-state index in [1.807, 2.05) is 18.2 Å². The maximum absolute atomic E-state index is 14.6. The van der Waals surface area contributed by atoms with Crippen LogP contribution in [-0.2, 0) is 12.8 Å². The van der Waals surface area contributed by atoms with Gasteiger partial charge in [0.2, 0.25) is 0 Å². The number of halogens is 1. The van der Waals surface area contributed by atoms with E-state index in [1.54, 1.807) is 6.20 Å². The molecule has 0 unspecified atom stereocenters. The van der Waals surface area contributed by atoms with Gasteiger partial charge in [-0.2, -0.15) is 0 Å². The van der Waals surface area contributed by atoms with E-state index in [4.69, 9.17) is 4.74 Å². The Bertz CT molecular complexity index is 1150. The fraction of sp³-hybridized carbons (Fsp3) is 0.528. The lowest BCUT2D eigenvalue weighted by Crippen LogP contribution is -2.12. The number of unbranched alkanes of at least 4 members (excludes halogenated alkanes) is 13. The fourth-order valence-electron chi connectivity index (χ4n) is 5.11. The Labute approximate surface area is 247 Å². The molecule has 222 valence electrons. The molecule has 0 spiro atoms. The maximum Gasteiger partial charge on any atom is 0.364 e. The van der Waals surface area contributed by atoms with Crippen molar-refractivity contribution in [2.75, 3.05) is 0 Å². The standard InChI is InChI=1S/C36H49FN2O2/c1-3-5-7-9-11-12-13-15-16-18-29-20-23-31(24-21-29)33-27-39-34(28-38-33)36(40)41-35-25-22-30(26-32(35)37)19-17-14-10-8-6-4-2/h20-28H,3-19H2,1-2H3. The lowest BCUT2D eigenvalue weighted by molar-refractivity contribution is 0.0721. The number of aryl methyl sites for hydroxylation is 2. The average Bonchev–Trinajstić information content (AvgIpc) is 3.00. The first-order valence-electron chi connectivity index (χ1n) is 16.0. The minimum Gasteiger partial charge on any atom is -0.419 e. The second-order valence-corrected chi connectivity index (χ2v) is 11.2. The molecule has 0 aliphatic carbocycles. The van der Waals surface area contributed by atoms with Gasteiger partial charge in [0.25, 0.3) is 0 Å². The molecule has 41 heavy (non-hydrogen) atoms. The zero-order valence-electron chi connectivity index (χ0n) is 25.3. The van der Waals surface area contributed by atoms with Crippen molar-refractivity contribution in [3.05, 3.63) is 77.5 Å². The Balaban J connectivity index is 1.41. The third-order valence-corrected chi connectivity index (χ3v) is 7.70. The molecule has 0 aliphatic heterocycles. The Hall–Kier alpha value is -3.08. The molecule has 0 atom stereocenters. The van der Waals surface area contributed by atoms with Gasteiger partial charge in [-0.25, -0.2) is 14.2 Å². The SMILES string of the molecule is CCCCCCCCCCCc1ccc(-c2cnc(C(=O)Oc3ccc(CCCCCCCC)cc3F)cn2)cc1. The highest BCUT2D eigenvalue weighted by molar-refractivity contribution is 5.88. The van der Waals surface area contributed by atoms with Gasteiger partial charge in [-0.1, -0.05) is 128 Å². The maximum atomic E-state index is 14.6. The monoisotopic (exact) mass is 560 g/mol. The van der Waals surface area contributed by atoms with Gasteiger partial charge in [-0.05, 0) is 48.9 Å². The first-order chi connectivity index (χ1) is 20.1. The Morgan fingerprint density at radius 2 is 1.20 bits per heavy atom. The number of carbonyl (C=O) groups is 1. The highest BCUT2D eigenvalue weighted by Crippen LogP contribution is 2.22. The number of benzene rings is 2. The molecule has 0 amide bonds. The van der Waals surface area contributed by atoms with Crippen molar-refractivity contribution >= 4 is 5.97 Å². The number of esters is 1. The lowest BCUT2D eigenvalue weighted by atomic mass is 10.0. The average molecular weight is 561 g/mol. The molecule has 0 aliphatic rings. The van der Waals surface area contributed by atoms with Crippen LogP contribution >= 0.6 is 0 Å². The fourth-order valence-corrected chi connectivity index (χ4v) is 5.11. The number of hydrogen-bond acceptors (Lipinski definition) is 4. The number of ether oxygens (including phenoxy) is 1. The summed E-state index contributed by atoms with van der Waals surface area (Å²) in [7, 11) is 0. The molecule has 4 nitrogen and oxygen atoms in total. The van der Waals surface area contributed by atoms with E-state index < -0.39 is 11.8 Å². The van der Waals surface area contributed by atoms with Gasteiger partial charge in [-0.15, -0.1) is 0 Å². The lowest BCUT2D eigenvalue weighted by Gasteiger charge is -2.08. The Morgan fingerprint density at radius 3 is 1.73 bits per heavy atom. The molecule has 0 saturated carbocycles. The van der Waals surface area contributed by atoms with E-state index in [2.05, 4.69) is 35.9 Å². The van der Waals surface area contributed by atoms with Crippen molar-refractivity contribution in [3.8, 4) is 17.0 Å². The van der Waals surface area contributed by atoms with Gasteiger partial charge in [-0.3, -0.25) is 4.98 Å². The zero-order valence-corrected chi connectivity index (χ0v) is 25.3. The number of aromatic nitrogens is 2. The molecule has 0 N–H and O–H groups in total. The Morgan fingerprint density at radius 1 is 0.659 bits per heavy atom. The highest BCUT2D eigenvalue weighted by atomic mass is 19.1. The van der Waals surface area contributed by atoms with Crippen LogP contribution in [0.4, 0.5) is 4.39 Å². The van der Waals surface area contributed by atoms with Crippen molar-refractivity contribution < 1.29 is 13.9 Å². The molecule has 2 aromatic carbocycles. The summed E-state index contributed by atoms with van der Waals surface area (Å²) in [6, 6.07) is 13.2.